The summed E-state index contributed by atoms with van der Waals surface area (Å²) in [4.78, 5) is 0.117. The maximum Gasteiger partial charge on any atom is 0.243 e. The van der Waals surface area contributed by atoms with Gasteiger partial charge in [0.25, 0.3) is 0 Å². The van der Waals surface area contributed by atoms with Crippen molar-refractivity contribution >= 4 is 20.0 Å². The Morgan fingerprint density at radius 2 is 1.35 bits per heavy atom. The molecule has 2 aromatic carbocycles. The van der Waals surface area contributed by atoms with Crippen molar-refractivity contribution in [3.63, 3.8) is 0 Å². The smallest absolute Gasteiger partial charge is 0.207 e. The number of halogens is 1. The first-order valence-electron chi connectivity index (χ1n) is 8.05. The molecule has 0 aromatic heterocycles. The number of sulfonamides is 2. The van der Waals surface area contributed by atoms with Crippen LogP contribution in [0.4, 0.5) is 4.39 Å². The van der Waals surface area contributed by atoms with Crippen LogP contribution in [0.1, 0.15) is 19.4 Å². The van der Waals surface area contributed by atoms with Crippen LogP contribution < -0.4 is 4.72 Å². The zero-order chi connectivity index (χ0) is 19.4. The molecule has 0 amide bonds. The van der Waals surface area contributed by atoms with Gasteiger partial charge in [-0.05, 0) is 42.0 Å². The maximum atomic E-state index is 12.9. The molecule has 9 heteroatoms. The summed E-state index contributed by atoms with van der Waals surface area (Å²) < 4.78 is 65.8. The Balaban J connectivity index is 2.11. The molecule has 0 unspecified atom stereocenters. The van der Waals surface area contributed by atoms with Crippen molar-refractivity contribution in [3.05, 3.63) is 59.9 Å². The van der Waals surface area contributed by atoms with Crippen molar-refractivity contribution in [2.24, 2.45) is 0 Å². The lowest BCUT2D eigenvalue weighted by Crippen LogP contribution is -2.30. The van der Waals surface area contributed by atoms with Gasteiger partial charge >= 0.3 is 0 Å². The molecule has 0 saturated heterocycles. The van der Waals surface area contributed by atoms with E-state index in [9.17, 15) is 21.2 Å². The molecule has 2 aromatic rings. The van der Waals surface area contributed by atoms with E-state index in [0.717, 1.165) is 12.1 Å². The number of rotatable bonds is 8. The summed E-state index contributed by atoms with van der Waals surface area (Å²) in [6, 6.07) is 10.5. The lowest BCUT2D eigenvalue weighted by Gasteiger charge is -2.18. The molecule has 0 radical (unpaired) electrons. The summed E-state index contributed by atoms with van der Waals surface area (Å²) in [5.41, 5.74) is 0.606. The fourth-order valence-corrected chi connectivity index (χ4v) is 4.84. The summed E-state index contributed by atoms with van der Waals surface area (Å²) in [5, 5.41) is 0. The average Bonchev–Trinajstić information content (AvgIpc) is 2.61. The van der Waals surface area contributed by atoms with Gasteiger partial charge < -0.3 is 0 Å². The molecule has 0 aliphatic heterocycles. The standard InChI is InChI=1S/C17H21FN2O4S2/c1-3-20(4-2)26(23,24)17-9-5-14(6-10-17)13-19-25(21,22)16-11-7-15(18)8-12-16/h5-12,19H,3-4,13H2,1-2H3. The molecule has 0 spiro atoms. The number of benzene rings is 2. The van der Waals surface area contributed by atoms with E-state index >= 15 is 0 Å². The molecular weight excluding hydrogens is 379 g/mol. The van der Waals surface area contributed by atoms with Crippen molar-refractivity contribution in [1.29, 1.82) is 0 Å². The van der Waals surface area contributed by atoms with Crippen molar-refractivity contribution in [3.8, 4) is 0 Å². The van der Waals surface area contributed by atoms with Crippen LogP contribution in [-0.4, -0.2) is 34.2 Å². The zero-order valence-corrected chi connectivity index (χ0v) is 16.1. The van der Waals surface area contributed by atoms with Gasteiger partial charge in [-0.1, -0.05) is 26.0 Å². The van der Waals surface area contributed by atoms with Crippen molar-refractivity contribution < 1.29 is 21.2 Å². The number of hydrogen-bond donors (Lipinski definition) is 1. The topological polar surface area (TPSA) is 83.6 Å². The lowest BCUT2D eigenvalue weighted by molar-refractivity contribution is 0.445. The minimum absolute atomic E-state index is 0.00862. The van der Waals surface area contributed by atoms with Gasteiger partial charge in [0.1, 0.15) is 5.82 Å². The minimum Gasteiger partial charge on any atom is -0.207 e. The Hall–Kier alpha value is -1.81. The van der Waals surface area contributed by atoms with Crippen molar-refractivity contribution in [1.82, 2.24) is 9.03 Å². The molecule has 0 aliphatic rings. The van der Waals surface area contributed by atoms with E-state index in [1.54, 1.807) is 26.0 Å². The molecule has 2 rings (SSSR count). The highest BCUT2D eigenvalue weighted by molar-refractivity contribution is 7.89. The van der Waals surface area contributed by atoms with E-state index in [1.165, 1.54) is 28.6 Å². The van der Waals surface area contributed by atoms with Gasteiger partial charge in [-0.2, -0.15) is 4.31 Å². The first-order chi connectivity index (χ1) is 12.2. The van der Waals surface area contributed by atoms with Crippen LogP contribution >= 0.6 is 0 Å². The number of hydrogen-bond acceptors (Lipinski definition) is 4. The Bertz CT molecular complexity index is 937. The predicted molar refractivity (Wildman–Crippen MR) is 97.0 cm³/mol. The van der Waals surface area contributed by atoms with E-state index in [4.69, 9.17) is 0 Å². The van der Waals surface area contributed by atoms with E-state index in [1.807, 2.05) is 0 Å². The lowest BCUT2D eigenvalue weighted by atomic mass is 10.2. The third-order valence-electron chi connectivity index (χ3n) is 3.86. The third kappa shape index (κ3) is 4.67. The SMILES string of the molecule is CCN(CC)S(=O)(=O)c1ccc(CNS(=O)(=O)c2ccc(F)cc2)cc1. The van der Waals surface area contributed by atoms with Gasteiger partial charge in [0.15, 0.2) is 0 Å². The minimum atomic E-state index is -3.78. The third-order valence-corrected chi connectivity index (χ3v) is 7.34. The molecule has 142 valence electrons. The molecule has 6 nitrogen and oxygen atoms in total. The first-order valence-corrected chi connectivity index (χ1v) is 11.0. The maximum absolute atomic E-state index is 12.9. The number of nitrogens with zero attached hydrogens (tertiary/aromatic N) is 1. The predicted octanol–water partition coefficient (Wildman–Crippen LogP) is 2.33. The van der Waals surface area contributed by atoms with Crippen LogP contribution in [0, 0.1) is 5.82 Å². The summed E-state index contributed by atoms with van der Waals surface area (Å²) >= 11 is 0. The fourth-order valence-electron chi connectivity index (χ4n) is 2.37. The Morgan fingerprint density at radius 3 is 1.85 bits per heavy atom. The van der Waals surface area contributed by atoms with Crippen LogP contribution in [0.25, 0.3) is 0 Å². The molecule has 0 atom stereocenters. The van der Waals surface area contributed by atoms with Gasteiger partial charge in [-0.3, -0.25) is 0 Å². The van der Waals surface area contributed by atoms with Crippen LogP contribution in [0.5, 0.6) is 0 Å². The largest absolute Gasteiger partial charge is 0.243 e. The summed E-state index contributed by atoms with van der Waals surface area (Å²) in [6.45, 7) is 4.26. The summed E-state index contributed by atoms with van der Waals surface area (Å²) in [7, 11) is -7.33. The fraction of sp³-hybridized carbons (Fsp3) is 0.294. The molecule has 0 heterocycles. The zero-order valence-electron chi connectivity index (χ0n) is 14.5. The van der Waals surface area contributed by atoms with Gasteiger partial charge in [-0.25, -0.2) is 25.9 Å². The summed E-state index contributed by atoms with van der Waals surface area (Å²) in [6.07, 6.45) is 0. The van der Waals surface area contributed by atoms with E-state index in [2.05, 4.69) is 4.72 Å². The molecule has 0 aliphatic carbocycles. The Kier molecular flexibility index (Phi) is 6.51. The number of nitrogens with one attached hydrogen (secondary N) is 1. The second-order valence-electron chi connectivity index (χ2n) is 5.51. The van der Waals surface area contributed by atoms with Gasteiger partial charge in [-0.15, -0.1) is 0 Å². The molecule has 0 fully saturated rings. The first kappa shape index (κ1) is 20.5. The summed E-state index contributed by atoms with van der Waals surface area (Å²) in [5.74, 6) is -0.519. The van der Waals surface area contributed by atoms with Crippen LogP contribution in [0.3, 0.4) is 0 Å². The Labute approximate surface area is 153 Å². The van der Waals surface area contributed by atoms with E-state index in [0.29, 0.717) is 18.7 Å². The molecular formula is C17H21FN2O4S2. The quantitative estimate of drug-likeness (QED) is 0.737. The van der Waals surface area contributed by atoms with Gasteiger partial charge in [0, 0.05) is 19.6 Å². The molecule has 26 heavy (non-hydrogen) atoms. The van der Waals surface area contributed by atoms with Crippen LogP contribution in [0.15, 0.2) is 58.3 Å². The highest BCUT2D eigenvalue weighted by Gasteiger charge is 2.21. The van der Waals surface area contributed by atoms with Crippen LogP contribution in [-0.2, 0) is 26.6 Å². The van der Waals surface area contributed by atoms with Crippen LogP contribution in [0.2, 0.25) is 0 Å². The van der Waals surface area contributed by atoms with Crippen molar-refractivity contribution in [2.75, 3.05) is 13.1 Å². The van der Waals surface area contributed by atoms with Gasteiger partial charge in [0.2, 0.25) is 20.0 Å². The molecule has 0 bridgehead atoms. The Morgan fingerprint density at radius 1 is 0.846 bits per heavy atom. The second-order valence-corrected chi connectivity index (χ2v) is 9.22. The van der Waals surface area contributed by atoms with E-state index < -0.39 is 25.9 Å². The average molecular weight is 400 g/mol. The van der Waals surface area contributed by atoms with E-state index in [-0.39, 0.29) is 16.3 Å². The highest BCUT2D eigenvalue weighted by atomic mass is 32.2. The highest BCUT2D eigenvalue weighted by Crippen LogP contribution is 2.17. The van der Waals surface area contributed by atoms with Gasteiger partial charge in [0.05, 0.1) is 9.79 Å². The molecule has 0 saturated carbocycles. The monoisotopic (exact) mass is 400 g/mol. The second kappa shape index (κ2) is 8.26. The normalized spacial score (nSPS) is 12.5. The molecule has 1 N–H and O–H groups in total. The van der Waals surface area contributed by atoms with Crippen molar-refractivity contribution in [2.45, 2.75) is 30.2 Å².